The van der Waals surface area contributed by atoms with Crippen LogP contribution in [0.25, 0.3) is 0 Å². The van der Waals surface area contributed by atoms with E-state index in [1.54, 1.807) is 12.4 Å². The minimum absolute atomic E-state index is 0.368. The average molecular weight is 374 g/mol. The van der Waals surface area contributed by atoms with Gasteiger partial charge < -0.3 is 5.84 Å². The summed E-state index contributed by atoms with van der Waals surface area (Å²) in [7, 11) is 0. The van der Waals surface area contributed by atoms with Crippen molar-refractivity contribution in [3.8, 4) is 0 Å². The molecule has 0 saturated heterocycles. The number of pyridine rings is 1. The van der Waals surface area contributed by atoms with Crippen molar-refractivity contribution in [3.63, 3.8) is 0 Å². The molecule has 0 fully saturated rings. The molecule has 128 valence electrons. The first kappa shape index (κ1) is 17.2. The molecule has 0 aliphatic heterocycles. The number of nitrogens with one attached hydrogen (secondary N) is 1. The first-order chi connectivity index (χ1) is 12.1. The Balaban J connectivity index is 1.64. The Kier molecular flexibility index (Phi) is 5.52. The number of nitrogens with two attached hydrogens (primary N) is 1. The molecule has 7 nitrogen and oxygen atoms in total. The van der Waals surface area contributed by atoms with Crippen LogP contribution < -0.4 is 11.3 Å². The number of halogens is 1. The number of anilines is 1. The molecule has 2 aromatic heterocycles. The van der Waals surface area contributed by atoms with Crippen LogP contribution in [0.3, 0.4) is 0 Å². The van der Waals surface area contributed by atoms with Crippen LogP contribution in [0.15, 0.2) is 59.0 Å². The topological polar surface area (TPSA) is 94.0 Å². The summed E-state index contributed by atoms with van der Waals surface area (Å²) < 4.78 is 1.38. The Morgan fingerprint density at radius 1 is 1.20 bits per heavy atom. The van der Waals surface area contributed by atoms with Crippen molar-refractivity contribution in [2.24, 2.45) is 5.10 Å². The molecule has 3 rings (SSSR count). The third-order valence-corrected chi connectivity index (χ3v) is 4.63. The Bertz CT molecular complexity index is 862. The zero-order chi connectivity index (χ0) is 17.6. The highest BCUT2D eigenvalue weighted by Gasteiger charge is 2.10. The van der Waals surface area contributed by atoms with Gasteiger partial charge in [-0.3, -0.25) is 4.98 Å². The highest BCUT2D eigenvalue weighted by molar-refractivity contribution is 7.98. The molecule has 0 aliphatic carbocycles. The number of benzene rings is 1. The second-order valence-corrected chi connectivity index (χ2v) is 6.52. The van der Waals surface area contributed by atoms with Gasteiger partial charge in [-0.05, 0) is 36.8 Å². The van der Waals surface area contributed by atoms with Gasteiger partial charge in [-0.2, -0.15) is 5.10 Å². The van der Waals surface area contributed by atoms with Gasteiger partial charge in [0.05, 0.1) is 5.71 Å². The fourth-order valence-electron chi connectivity index (χ4n) is 1.97. The van der Waals surface area contributed by atoms with E-state index in [1.165, 1.54) is 16.4 Å². The molecule has 0 spiro atoms. The lowest BCUT2D eigenvalue weighted by Gasteiger charge is -2.04. The maximum Gasteiger partial charge on any atom is 0.264 e. The van der Waals surface area contributed by atoms with Crippen LogP contribution in [0.5, 0.6) is 0 Å². The van der Waals surface area contributed by atoms with Crippen LogP contribution in [0, 0.1) is 0 Å². The predicted octanol–water partition coefficient (Wildman–Crippen LogP) is 3.17. The maximum absolute atomic E-state index is 6.02. The third-order valence-electron chi connectivity index (χ3n) is 3.37. The number of nitrogen functional groups attached to an aromatic ring is 1. The lowest BCUT2D eigenvalue weighted by atomic mass is 10.2. The van der Waals surface area contributed by atoms with Crippen molar-refractivity contribution in [2.75, 3.05) is 11.3 Å². The van der Waals surface area contributed by atoms with Crippen LogP contribution in [0.2, 0.25) is 5.02 Å². The minimum atomic E-state index is 0.368. The molecule has 2 heterocycles. The highest BCUT2D eigenvalue weighted by atomic mass is 35.5. The maximum atomic E-state index is 6.02. The molecule has 3 aromatic rings. The Labute approximate surface area is 154 Å². The summed E-state index contributed by atoms with van der Waals surface area (Å²) in [5, 5.41) is 13.7. The van der Waals surface area contributed by atoms with E-state index in [2.05, 4.69) is 25.7 Å². The van der Waals surface area contributed by atoms with Gasteiger partial charge in [0, 0.05) is 28.7 Å². The number of hydrazone groups is 1. The van der Waals surface area contributed by atoms with Crippen molar-refractivity contribution in [3.05, 3.63) is 64.9 Å². The molecule has 3 N–H and O–H groups in total. The molecule has 1 aromatic carbocycles. The Morgan fingerprint density at radius 2 is 1.92 bits per heavy atom. The summed E-state index contributed by atoms with van der Waals surface area (Å²) in [5.74, 6) is 7.11. The van der Waals surface area contributed by atoms with Crippen molar-refractivity contribution in [2.45, 2.75) is 17.8 Å². The summed E-state index contributed by atoms with van der Waals surface area (Å²) >= 11 is 7.37. The predicted molar refractivity (Wildman–Crippen MR) is 101 cm³/mol. The van der Waals surface area contributed by atoms with E-state index in [9.17, 15) is 0 Å². The summed E-state index contributed by atoms with van der Waals surface area (Å²) in [6.07, 6.45) is 3.43. The zero-order valence-corrected chi connectivity index (χ0v) is 15.0. The minimum Gasteiger partial charge on any atom is -0.334 e. The van der Waals surface area contributed by atoms with Gasteiger partial charge in [-0.25, -0.2) is 10.1 Å². The quantitative estimate of drug-likeness (QED) is 0.298. The standard InChI is InChI=1S/C16H16ClN7S/c1-11(13-6-8-19-9-7-13)20-21-15-22-23-16(24(15)18)25-10-12-2-4-14(17)5-3-12/h2-9H,10,18H2,1H3,(H,21,22)/b20-11+. The summed E-state index contributed by atoms with van der Waals surface area (Å²) in [4.78, 5) is 3.98. The SMILES string of the molecule is C/C(=N\Nc1nnc(SCc2ccc(Cl)cc2)n1N)c1ccncc1. The average Bonchev–Trinajstić information content (AvgIpc) is 3.00. The van der Waals surface area contributed by atoms with E-state index in [1.807, 2.05) is 43.3 Å². The van der Waals surface area contributed by atoms with Gasteiger partial charge in [0.2, 0.25) is 5.16 Å². The molecule has 0 radical (unpaired) electrons. The molecule has 0 amide bonds. The number of rotatable bonds is 6. The molecule has 0 saturated carbocycles. The van der Waals surface area contributed by atoms with Crippen molar-refractivity contribution < 1.29 is 0 Å². The van der Waals surface area contributed by atoms with Gasteiger partial charge in [-0.1, -0.05) is 35.5 Å². The monoisotopic (exact) mass is 373 g/mol. The van der Waals surface area contributed by atoms with E-state index in [4.69, 9.17) is 17.4 Å². The molecule has 9 heteroatoms. The largest absolute Gasteiger partial charge is 0.334 e. The number of aromatic nitrogens is 4. The van der Waals surface area contributed by atoms with E-state index in [0.29, 0.717) is 21.9 Å². The van der Waals surface area contributed by atoms with Crippen LogP contribution in [0.1, 0.15) is 18.1 Å². The number of thioether (sulfide) groups is 1. The van der Waals surface area contributed by atoms with Crippen molar-refractivity contribution >= 4 is 35.0 Å². The van der Waals surface area contributed by atoms with Gasteiger partial charge in [-0.15, -0.1) is 10.2 Å². The first-order valence-corrected chi connectivity index (χ1v) is 8.78. The van der Waals surface area contributed by atoms with Gasteiger partial charge in [0.15, 0.2) is 0 Å². The number of hydrogen-bond donors (Lipinski definition) is 2. The molecular formula is C16H16ClN7S. The van der Waals surface area contributed by atoms with Gasteiger partial charge in [0.25, 0.3) is 5.95 Å². The van der Waals surface area contributed by atoms with E-state index < -0.39 is 0 Å². The zero-order valence-electron chi connectivity index (χ0n) is 13.4. The smallest absolute Gasteiger partial charge is 0.264 e. The van der Waals surface area contributed by atoms with Crippen molar-refractivity contribution in [1.82, 2.24) is 19.9 Å². The van der Waals surface area contributed by atoms with Crippen LogP contribution >= 0.6 is 23.4 Å². The van der Waals surface area contributed by atoms with Crippen molar-refractivity contribution in [1.29, 1.82) is 0 Å². The molecule has 0 bridgehead atoms. The van der Waals surface area contributed by atoms with Crippen LogP contribution in [0.4, 0.5) is 5.95 Å². The fraction of sp³-hybridized carbons (Fsp3) is 0.125. The molecule has 0 unspecified atom stereocenters. The van der Waals surface area contributed by atoms with E-state index in [-0.39, 0.29) is 0 Å². The molecule has 0 aliphatic rings. The third kappa shape index (κ3) is 4.49. The fourth-order valence-corrected chi connectivity index (χ4v) is 2.91. The summed E-state index contributed by atoms with van der Waals surface area (Å²) in [6, 6.07) is 11.4. The molecule has 0 atom stereocenters. The van der Waals surface area contributed by atoms with Gasteiger partial charge >= 0.3 is 0 Å². The Hall–Kier alpha value is -2.58. The normalized spacial score (nSPS) is 11.5. The lowest BCUT2D eigenvalue weighted by Crippen LogP contribution is -2.13. The highest BCUT2D eigenvalue weighted by Crippen LogP contribution is 2.22. The lowest BCUT2D eigenvalue weighted by molar-refractivity contribution is 0.846. The van der Waals surface area contributed by atoms with Crippen LogP contribution in [-0.2, 0) is 5.75 Å². The second-order valence-electron chi connectivity index (χ2n) is 5.14. The first-order valence-electron chi connectivity index (χ1n) is 7.42. The van der Waals surface area contributed by atoms with Gasteiger partial charge in [0.1, 0.15) is 0 Å². The Morgan fingerprint density at radius 3 is 2.64 bits per heavy atom. The van der Waals surface area contributed by atoms with E-state index in [0.717, 1.165) is 16.8 Å². The number of hydrogen-bond acceptors (Lipinski definition) is 7. The number of nitrogens with zero attached hydrogens (tertiary/aromatic N) is 5. The second kappa shape index (κ2) is 8.00. The summed E-state index contributed by atoms with van der Waals surface area (Å²) in [5.41, 5.74) is 5.72. The molecular weight excluding hydrogens is 358 g/mol. The van der Waals surface area contributed by atoms with E-state index >= 15 is 0 Å². The summed E-state index contributed by atoms with van der Waals surface area (Å²) in [6.45, 7) is 1.88. The molecule has 25 heavy (non-hydrogen) atoms. The van der Waals surface area contributed by atoms with Crippen LogP contribution in [-0.4, -0.2) is 25.6 Å².